The molecule has 0 fully saturated rings. The lowest BCUT2D eigenvalue weighted by atomic mass is 9.71. The van der Waals surface area contributed by atoms with Crippen molar-refractivity contribution >= 4 is 0 Å². The Kier molecular flexibility index (Phi) is 8.73. The number of aliphatic hydroxyl groups excluding tert-OH is 3. The summed E-state index contributed by atoms with van der Waals surface area (Å²) in [5, 5.41) is 177. The number of benzene rings is 6. The van der Waals surface area contributed by atoms with Crippen LogP contribution in [-0.4, -0.2) is 100 Å². The SMILES string of the molecule is Oc1cc(O)c2c(c1)OC1(c3cc(O)c(O)c(O)c3)Oc3cc(O)c4c(c3C2C1O)OC(c1cc(O)c(O)c(O)c1)C(O)C4c1c(O)cc(O)c2c1OC(c1ccc(O)c(O)c1)C(O)C2. The van der Waals surface area contributed by atoms with Gasteiger partial charge in [0.05, 0.1) is 17.9 Å². The zero-order valence-corrected chi connectivity index (χ0v) is 32.9. The van der Waals surface area contributed by atoms with Crippen LogP contribution in [0.2, 0.25) is 0 Å². The Bertz CT molecular complexity index is 2980. The van der Waals surface area contributed by atoms with Crippen LogP contribution in [0.1, 0.15) is 68.6 Å². The van der Waals surface area contributed by atoms with Crippen molar-refractivity contribution in [1.29, 1.82) is 0 Å². The maximum Gasteiger partial charge on any atom is 0.305 e. The van der Waals surface area contributed by atoms with E-state index in [0.717, 1.165) is 60.7 Å². The summed E-state index contributed by atoms with van der Waals surface area (Å²) < 4.78 is 25.4. The van der Waals surface area contributed by atoms with E-state index in [9.17, 15) is 81.7 Å². The molecule has 20 heteroatoms. The minimum atomic E-state index is -2.52. The molecule has 0 amide bonds. The molecule has 6 aromatic rings. The highest BCUT2D eigenvalue weighted by atomic mass is 16.7. The second-order valence-electron chi connectivity index (χ2n) is 16.2. The Morgan fingerprint density at radius 1 is 0.446 bits per heavy atom. The first-order valence-electron chi connectivity index (χ1n) is 19.6. The fourth-order valence-corrected chi connectivity index (χ4v) is 9.46. The number of phenols is 13. The molecule has 8 unspecified atom stereocenters. The number of phenolic OH excluding ortho intramolecular Hbond substituents is 13. The molecule has 2 bridgehead atoms. The normalized spacial score (nSPS) is 24.8. The molecule has 4 heterocycles. The molecule has 0 saturated carbocycles. The van der Waals surface area contributed by atoms with Gasteiger partial charge in [-0.2, -0.15) is 0 Å². The van der Waals surface area contributed by atoms with Crippen LogP contribution in [0.15, 0.2) is 66.7 Å². The zero-order valence-electron chi connectivity index (χ0n) is 32.9. The van der Waals surface area contributed by atoms with Gasteiger partial charge in [0.15, 0.2) is 52.1 Å². The Hall–Kier alpha value is -8.20. The van der Waals surface area contributed by atoms with Crippen LogP contribution in [0.3, 0.4) is 0 Å². The topological polar surface area (TPSA) is 361 Å². The molecule has 10 rings (SSSR count). The lowest BCUT2D eigenvalue weighted by molar-refractivity contribution is -0.219. The van der Waals surface area contributed by atoms with Gasteiger partial charge >= 0.3 is 5.79 Å². The van der Waals surface area contributed by atoms with Crippen LogP contribution in [0.5, 0.6) is 97.7 Å². The third-order valence-electron chi connectivity index (χ3n) is 12.4. The second kappa shape index (κ2) is 13.9. The third kappa shape index (κ3) is 5.81. The van der Waals surface area contributed by atoms with E-state index in [0.29, 0.717) is 0 Å². The van der Waals surface area contributed by atoms with Gasteiger partial charge in [-0.1, -0.05) is 6.07 Å². The first-order valence-corrected chi connectivity index (χ1v) is 19.6. The number of fused-ring (bicyclic) bond motifs is 9. The smallest absolute Gasteiger partial charge is 0.305 e. The van der Waals surface area contributed by atoms with E-state index in [4.69, 9.17) is 18.9 Å². The number of hydrogen-bond acceptors (Lipinski definition) is 20. The van der Waals surface area contributed by atoms with Gasteiger partial charge in [0, 0.05) is 69.6 Å². The van der Waals surface area contributed by atoms with Crippen LogP contribution < -0.4 is 18.9 Å². The van der Waals surface area contributed by atoms with Gasteiger partial charge in [-0.25, -0.2) is 0 Å². The van der Waals surface area contributed by atoms with Crippen molar-refractivity contribution in [3.8, 4) is 97.7 Å². The van der Waals surface area contributed by atoms with E-state index in [1.54, 1.807) is 0 Å². The maximum absolute atomic E-state index is 12.5. The van der Waals surface area contributed by atoms with Crippen LogP contribution in [0, 0.1) is 0 Å². The van der Waals surface area contributed by atoms with Crippen LogP contribution in [0.4, 0.5) is 0 Å². The third-order valence-corrected chi connectivity index (χ3v) is 12.4. The Morgan fingerprint density at radius 2 is 1.00 bits per heavy atom. The minimum Gasteiger partial charge on any atom is -0.508 e. The van der Waals surface area contributed by atoms with Gasteiger partial charge in [-0.05, 0) is 42.0 Å². The molecule has 4 aliphatic heterocycles. The molecule has 20 nitrogen and oxygen atoms in total. The van der Waals surface area contributed by atoms with Gasteiger partial charge in [0.1, 0.15) is 70.1 Å². The van der Waals surface area contributed by atoms with Crippen molar-refractivity contribution in [3.05, 3.63) is 111 Å². The molecular weight excluding hydrogens is 860 g/mol. The van der Waals surface area contributed by atoms with Crippen LogP contribution >= 0.6 is 0 Å². The van der Waals surface area contributed by atoms with Crippen molar-refractivity contribution in [3.63, 3.8) is 0 Å². The van der Waals surface area contributed by atoms with Crippen molar-refractivity contribution in [2.45, 2.75) is 54.6 Å². The summed E-state index contributed by atoms with van der Waals surface area (Å²) in [5.41, 5.74) is -1.62. The maximum atomic E-state index is 12.5. The zero-order chi connectivity index (χ0) is 46.3. The molecule has 0 spiro atoms. The molecule has 65 heavy (non-hydrogen) atoms. The van der Waals surface area contributed by atoms with Crippen molar-refractivity contribution in [2.75, 3.05) is 0 Å². The van der Waals surface area contributed by atoms with Gasteiger partial charge in [-0.15, -0.1) is 0 Å². The average molecular weight is 897 g/mol. The van der Waals surface area contributed by atoms with Gasteiger partial charge in [-0.3, -0.25) is 0 Å². The number of hydrogen-bond donors (Lipinski definition) is 16. The highest BCUT2D eigenvalue weighted by molar-refractivity contribution is 5.72. The van der Waals surface area contributed by atoms with E-state index in [1.807, 2.05) is 0 Å². The highest BCUT2D eigenvalue weighted by Gasteiger charge is 2.61. The average Bonchev–Trinajstić information content (AvgIpc) is 3.23. The number of rotatable bonds is 4. The predicted octanol–water partition coefficient (Wildman–Crippen LogP) is 3.65. The van der Waals surface area contributed by atoms with Crippen molar-refractivity contribution in [2.24, 2.45) is 0 Å². The molecule has 0 saturated heterocycles. The Balaban J connectivity index is 1.26. The molecule has 8 atom stereocenters. The summed E-state index contributed by atoms with van der Waals surface area (Å²) in [6.07, 6.45) is -8.95. The van der Waals surface area contributed by atoms with Gasteiger partial charge in [0.25, 0.3) is 0 Å². The largest absolute Gasteiger partial charge is 0.508 e. The quantitative estimate of drug-likeness (QED) is 0.112. The standard InChI is InChI=1S/C45H36O20/c46-16-8-21(50)31-29(9-16)64-45(15-6-26(55)38(59)27(56)7-15)44(61)36(31)34-30(65-45)12-23(52)33-35(39(60)41(63-43(33)34)14-4-24(53)37(58)25(54)5-14)32-22(51)11-19(48)17-10-28(57)40(62-42(17)32)13-1-2-18(47)20(49)3-13/h1-9,11-12,28,35-36,39-41,44,46-61H,10H2. The molecule has 336 valence electrons. The number of aromatic hydroxyl groups is 13. The predicted molar refractivity (Wildman–Crippen MR) is 215 cm³/mol. The summed E-state index contributed by atoms with van der Waals surface area (Å²) in [4.78, 5) is 0. The van der Waals surface area contributed by atoms with Crippen molar-refractivity contribution < 1.29 is 101 Å². The Labute approximate surface area is 363 Å². The molecular formula is C45H36O20. The molecule has 4 aliphatic rings. The minimum absolute atomic E-state index is 0.0919. The van der Waals surface area contributed by atoms with Gasteiger partial charge in [0.2, 0.25) is 0 Å². The molecule has 0 aliphatic carbocycles. The van der Waals surface area contributed by atoms with E-state index >= 15 is 0 Å². The molecule has 16 N–H and O–H groups in total. The van der Waals surface area contributed by atoms with E-state index in [1.165, 1.54) is 6.07 Å². The summed E-state index contributed by atoms with van der Waals surface area (Å²) in [5.74, 6) is -17.0. The summed E-state index contributed by atoms with van der Waals surface area (Å²) >= 11 is 0. The number of ether oxygens (including phenoxy) is 4. The highest BCUT2D eigenvalue weighted by Crippen LogP contribution is 2.66. The monoisotopic (exact) mass is 896 g/mol. The number of aliphatic hydroxyl groups is 3. The van der Waals surface area contributed by atoms with Crippen LogP contribution in [-0.2, 0) is 12.2 Å². The van der Waals surface area contributed by atoms with Crippen LogP contribution in [0.25, 0.3) is 0 Å². The fraction of sp³-hybridized carbons (Fsp3) is 0.200. The van der Waals surface area contributed by atoms with E-state index in [-0.39, 0.29) is 68.2 Å². The van der Waals surface area contributed by atoms with E-state index < -0.39 is 129 Å². The fourth-order valence-electron chi connectivity index (χ4n) is 9.46. The summed E-state index contributed by atoms with van der Waals surface area (Å²) in [7, 11) is 0. The lowest BCUT2D eigenvalue weighted by Gasteiger charge is -2.51. The molecule has 0 aromatic heterocycles. The first kappa shape index (κ1) is 40.8. The van der Waals surface area contributed by atoms with Gasteiger partial charge < -0.3 is 101 Å². The molecule has 6 aromatic carbocycles. The first-order chi connectivity index (χ1) is 30.8. The van der Waals surface area contributed by atoms with E-state index in [2.05, 4.69) is 0 Å². The second-order valence-corrected chi connectivity index (χ2v) is 16.2. The lowest BCUT2D eigenvalue weighted by Crippen LogP contribution is -2.57. The van der Waals surface area contributed by atoms with Crippen molar-refractivity contribution in [1.82, 2.24) is 0 Å². The molecule has 0 radical (unpaired) electrons. The summed E-state index contributed by atoms with van der Waals surface area (Å²) in [6.45, 7) is 0. The summed E-state index contributed by atoms with van der Waals surface area (Å²) in [6, 6.07) is 11.1. The Morgan fingerprint density at radius 3 is 1.65 bits per heavy atom.